The Morgan fingerprint density at radius 2 is 2.12 bits per heavy atom. The Balaban J connectivity index is 1.79. The molecule has 0 saturated heterocycles. The van der Waals surface area contributed by atoms with Gasteiger partial charge in [-0.15, -0.1) is 0 Å². The van der Waals surface area contributed by atoms with Crippen LogP contribution in [0.15, 0.2) is 18.2 Å². The average molecular weight is 219 g/mol. The molecule has 2 bridgehead atoms. The highest BCUT2D eigenvalue weighted by atomic mass is 19.1. The Kier molecular flexibility index (Phi) is 2.38. The van der Waals surface area contributed by atoms with Gasteiger partial charge in [-0.3, -0.25) is 0 Å². The molecule has 2 fully saturated rings. The lowest BCUT2D eigenvalue weighted by molar-refractivity contribution is 0.438. The summed E-state index contributed by atoms with van der Waals surface area (Å²) in [4.78, 5) is 0. The first kappa shape index (κ1) is 10.1. The van der Waals surface area contributed by atoms with Crippen LogP contribution in [0.5, 0.6) is 0 Å². The molecule has 2 aliphatic rings. The Labute approximate surface area is 96.1 Å². The van der Waals surface area contributed by atoms with Gasteiger partial charge in [0.15, 0.2) is 0 Å². The highest BCUT2D eigenvalue weighted by Gasteiger charge is 2.39. The summed E-state index contributed by atoms with van der Waals surface area (Å²) in [7, 11) is 0. The molecule has 16 heavy (non-hydrogen) atoms. The molecular formula is C14H18FN. The van der Waals surface area contributed by atoms with E-state index in [1.54, 1.807) is 12.1 Å². The highest BCUT2D eigenvalue weighted by Crippen LogP contribution is 2.45. The molecule has 3 atom stereocenters. The largest absolute Gasteiger partial charge is 0.379 e. The van der Waals surface area contributed by atoms with Crippen molar-refractivity contribution in [2.24, 2.45) is 11.8 Å². The summed E-state index contributed by atoms with van der Waals surface area (Å²) in [5.74, 6) is 1.57. The molecule has 2 saturated carbocycles. The van der Waals surface area contributed by atoms with E-state index in [0.29, 0.717) is 6.04 Å². The first-order valence-electron chi connectivity index (χ1n) is 6.25. The maximum absolute atomic E-state index is 13.7. The van der Waals surface area contributed by atoms with Crippen LogP contribution in [-0.4, -0.2) is 6.04 Å². The zero-order chi connectivity index (χ0) is 11.1. The number of rotatable bonds is 2. The van der Waals surface area contributed by atoms with Crippen molar-refractivity contribution < 1.29 is 4.39 Å². The molecule has 2 aliphatic carbocycles. The summed E-state index contributed by atoms with van der Waals surface area (Å²) < 4.78 is 13.7. The lowest BCUT2D eigenvalue weighted by atomic mass is 9.95. The number of anilines is 1. The smallest absolute Gasteiger partial charge is 0.146 e. The first-order chi connectivity index (χ1) is 7.74. The molecule has 1 nitrogen and oxygen atoms in total. The Bertz CT molecular complexity index is 381. The average Bonchev–Trinajstić information content (AvgIpc) is 2.85. The number of hydrogen-bond acceptors (Lipinski definition) is 1. The van der Waals surface area contributed by atoms with Crippen LogP contribution in [-0.2, 0) is 0 Å². The second kappa shape index (κ2) is 3.76. The molecule has 0 spiro atoms. The summed E-state index contributed by atoms with van der Waals surface area (Å²) in [6.45, 7) is 1.97. The zero-order valence-electron chi connectivity index (χ0n) is 9.67. The number of benzene rings is 1. The molecule has 0 aromatic heterocycles. The number of aryl methyl sites for hydroxylation is 1. The molecular weight excluding hydrogens is 201 g/mol. The lowest BCUT2D eigenvalue weighted by Crippen LogP contribution is -2.26. The summed E-state index contributed by atoms with van der Waals surface area (Å²) in [5, 5.41) is 3.43. The molecule has 3 unspecified atom stereocenters. The van der Waals surface area contributed by atoms with Crippen molar-refractivity contribution in [3.05, 3.63) is 29.6 Å². The number of halogens is 1. The SMILES string of the molecule is Cc1cccc(F)c1NC1CC2CCC1C2. The van der Waals surface area contributed by atoms with E-state index in [1.807, 2.05) is 13.0 Å². The second-order valence-electron chi connectivity index (χ2n) is 5.36. The topological polar surface area (TPSA) is 12.0 Å². The van der Waals surface area contributed by atoms with Gasteiger partial charge < -0.3 is 5.32 Å². The van der Waals surface area contributed by atoms with E-state index in [2.05, 4.69) is 5.32 Å². The van der Waals surface area contributed by atoms with Crippen LogP contribution in [0.3, 0.4) is 0 Å². The van der Waals surface area contributed by atoms with Gasteiger partial charge in [0.1, 0.15) is 5.82 Å². The molecule has 1 N–H and O–H groups in total. The summed E-state index contributed by atoms with van der Waals surface area (Å²) >= 11 is 0. The number of fused-ring (bicyclic) bond motifs is 2. The van der Waals surface area contributed by atoms with Crippen LogP contribution < -0.4 is 5.32 Å². The van der Waals surface area contributed by atoms with Crippen molar-refractivity contribution in [2.75, 3.05) is 5.32 Å². The first-order valence-corrected chi connectivity index (χ1v) is 6.25. The normalized spacial score (nSPS) is 32.0. The van der Waals surface area contributed by atoms with Crippen LogP contribution in [0.4, 0.5) is 10.1 Å². The monoisotopic (exact) mass is 219 g/mol. The molecule has 1 aromatic carbocycles. The van der Waals surface area contributed by atoms with Crippen LogP contribution in [0.2, 0.25) is 0 Å². The van der Waals surface area contributed by atoms with E-state index in [9.17, 15) is 4.39 Å². The minimum atomic E-state index is -0.109. The van der Waals surface area contributed by atoms with E-state index in [4.69, 9.17) is 0 Å². The number of nitrogens with one attached hydrogen (secondary N) is 1. The van der Waals surface area contributed by atoms with Gasteiger partial charge in [-0.05, 0) is 49.7 Å². The predicted octanol–water partition coefficient (Wildman–Crippen LogP) is 3.73. The Morgan fingerprint density at radius 3 is 2.75 bits per heavy atom. The van der Waals surface area contributed by atoms with Crippen molar-refractivity contribution in [1.82, 2.24) is 0 Å². The molecule has 3 rings (SSSR count). The fourth-order valence-corrected chi connectivity index (χ4v) is 3.42. The van der Waals surface area contributed by atoms with Crippen LogP contribution in [0.1, 0.15) is 31.2 Å². The summed E-state index contributed by atoms with van der Waals surface area (Å²) in [5.41, 5.74) is 1.74. The summed E-state index contributed by atoms with van der Waals surface area (Å²) in [6.07, 6.45) is 5.30. The van der Waals surface area contributed by atoms with Gasteiger partial charge in [0.2, 0.25) is 0 Å². The van der Waals surface area contributed by atoms with Gasteiger partial charge in [-0.2, -0.15) is 0 Å². The zero-order valence-corrected chi connectivity index (χ0v) is 9.67. The van der Waals surface area contributed by atoms with Crippen LogP contribution >= 0.6 is 0 Å². The number of para-hydroxylation sites is 1. The van der Waals surface area contributed by atoms with Gasteiger partial charge in [0.05, 0.1) is 5.69 Å². The van der Waals surface area contributed by atoms with E-state index >= 15 is 0 Å². The standard InChI is InChI=1S/C14H18FN/c1-9-3-2-4-12(15)14(9)16-13-8-10-5-6-11(13)7-10/h2-4,10-11,13,16H,5-8H2,1H3. The van der Waals surface area contributed by atoms with Gasteiger partial charge >= 0.3 is 0 Å². The van der Waals surface area contributed by atoms with Crippen molar-refractivity contribution >= 4 is 5.69 Å². The van der Waals surface area contributed by atoms with Crippen LogP contribution in [0, 0.1) is 24.6 Å². The van der Waals surface area contributed by atoms with Crippen molar-refractivity contribution in [2.45, 2.75) is 38.6 Å². The van der Waals surface area contributed by atoms with E-state index in [0.717, 1.165) is 23.1 Å². The molecule has 0 heterocycles. The molecule has 0 amide bonds. The fourth-order valence-electron chi connectivity index (χ4n) is 3.42. The molecule has 86 valence electrons. The predicted molar refractivity (Wildman–Crippen MR) is 64.0 cm³/mol. The van der Waals surface area contributed by atoms with Gasteiger partial charge in [-0.25, -0.2) is 4.39 Å². The lowest BCUT2D eigenvalue weighted by Gasteiger charge is -2.25. The Morgan fingerprint density at radius 1 is 1.25 bits per heavy atom. The van der Waals surface area contributed by atoms with E-state index in [1.165, 1.54) is 25.7 Å². The van der Waals surface area contributed by atoms with Gasteiger partial charge in [0, 0.05) is 6.04 Å². The second-order valence-corrected chi connectivity index (χ2v) is 5.36. The number of hydrogen-bond donors (Lipinski definition) is 1. The minimum absolute atomic E-state index is 0.109. The third-order valence-electron chi connectivity index (χ3n) is 4.29. The third-order valence-corrected chi connectivity index (χ3v) is 4.29. The maximum Gasteiger partial charge on any atom is 0.146 e. The van der Waals surface area contributed by atoms with Crippen molar-refractivity contribution in [1.29, 1.82) is 0 Å². The Hall–Kier alpha value is -1.05. The van der Waals surface area contributed by atoms with Crippen molar-refractivity contribution in [3.63, 3.8) is 0 Å². The van der Waals surface area contributed by atoms with Crippen molar-refractivity contribution in [3.8, 4) is 0 Å². The molecule has 2 heteroatoms. The summed E-state index contributed by atoms with van der Waals surface area (Å²) in [6, 6.07) is 5.80. The quantitative estimate of drug-likeness (QED) is 0.799. The maximum atomic E-state index is 13.7. The van der Waals surface area contributed by atoms with Gasteiger partial charge in [-0.1, -0.05) is 18.6 Å². The molecule has 1 aromatic rings. The highest BCUT2D eigenvalue weighted by molar-refractivity contribution is 5.52. The van der Waals surface area contributed by atoms with E-state index in [-0.39, 0.29) is 5.82 Å². The third kappa shape index (κ3) is 1.60. The fraction of sp³-hybridized carbons (Fsp3) is 0.571. The van der Waals surface area contributed by atoms with Gasteiger partial charge in [0.25, 0.3) is 0 Å². The molecule has 0 radical (unpaired) electrons. The molecule has 0 aliphatic heterocycles. The van der Waals surface area contributed by atoms with Crippen LogP contribution in [0.25, 0.3) is 0 Å². The van der Waals surface area contributed by atoms with E-state index < -0.39 is 0 Å². The minimum Gasteiger partial charge on any atom is -0.379 e.